The van der Waals surface area contributed by atoms with Crippen LogP contribution in [0.1, 0.15) is 5.56 Å². The maximum Gasteiger partial charge on any atom is 0.222 e. The number of nitrogens with zero attached hydrogens (tertiary/aromatic N) is 2. The molecule has 5 nitrogen and oxygen atoms in total. The Kier molecular flexibility index (Phi) is 4.51. The standard InChI is InChI=1S/C21H20N4O/c1-26-18-8-6-15(7-9-18)17-13-24-21(25-14-17)22-11-10-16-12-23-20-5-3-2-4-19(16)20/h2-9,12-14,23H,10-11H2,1H3,(H,22,24,25). The molecule has 0 spiro atoms. The Morgan fingerprint density at radius 3 is 2.50 bits per heavy atom. The van der Waals surface area contributed by atoms with Crippen molar-refractivity contribution in [2.24, 2.45) is 0 Å². The van der Waals surface area contributed by atoms with Gasteiger partial charge in [-0.05, 0) is 35.7 Å². The number of nitrogens with one attached hydrogen (secondary N) is 2. The highest BCUT2D eigenvalue weighted by Gasteiger charge is 2.04. The van der Waals surface area contributed by atoms with Crippen molar-refractivity contribution in [3.8, 4) is 16.9 Å². The van der Waals surface area contributed by atoms with Crippen molar-refractivity contribution in [1.82, 2.24) is 15.0 Å². The first kappa shape index (κ1) is 16.1. The lowest BCUT2D eigenvalue weighted by Gasteiger charge is -2.06. The van der Waals surface area contributed by atoms with Crippen LogP contribution in [0.15, 0.2) is 67.1 Å². The van der Waals surface area contributed by atoms with E-state index in [0.717, 1.165) is 29.8 Å². The summed E-state index contributed by atoms with van der Waals surface area (Å²) >= 11 is 0. The van der Waals surface area contributed by atoms with Gasteiger partial charge in [0.1, 0.15) is 5.75 Å². The van der Waals surface area contributed by atoms with Crippen molar-refractivity contribution in [3.05, 3.63) is 72.7 Å². The molecule has 26 heavy (non-hydrogen) atoms. The number of methoxy groups -OCH3 is 1. The van der Waals surface area contributed by atoms with Crippen LogP contribution < -0.4 is 10.1 Å². The molecule has 0 radical (unpaired) electrons. The van der Waals surface area contributed by atoms with Gasteiger partial charge in [0.15, 0.2) is 0 Å². The molecule has 4 aromatic rings. The maximum absolute atomic E-state index is 5.18. The van der Waals surface area contributed by atoms with Gasteiger partial charge >= 0.3 is 0 Å². The van der Waals surface area contributed by atoms with Crippen LogP contribution in [0.3, 0.4) is 0 Å². The number of benzene rings is 2. The predicted octanol–water partition coefficient (Wildman–Crippen LogP) is 4.29. The van der Waals surface area contributed by atoms with Crippen molar-refractivity contribution in [1.29, 1.82) is 0 Å². The molecule has 0 aliphatic heterocycles. The van der Waals surface area contributed by atoms with E-state index in [1.807, 2.05) is 42.7 Å². The topological polar surface area (TPSA) is 62.8 Å². The number of aromatic nitrogens is 3. The molecule has 4 rings (SSSR count). The summed E-state index contributed by atoms with van der Waals surface area (Å²) in [6, 6.07) is 16.2. The zero-order valence-corrected chi connectivity index (χ0v) is 14.6. The smallest absolute Gasteiger partial charge is 0.222 e. The molecule has 2 heterocycles. The Morgan fingerprint density at radius 2 is 1.73 bits per heavy atom. The molecule has 0 saturated carbocycles. The summed E-state index contributed by atoms with van der Waals surface area (Å²) in [7, 11) is 1.66. The van der Waals surface area contributed by atoms with Crippen LogP contribution in [0.25, 0.3) is 22.0 Å². The van der Waals surface area contributed by atoms with Crippen molar-refractivity contribution in [3.63, 3.8) is 0 Å². The molecule has 0 fully saturated rings. The van der Waals surface area contributed by atoms with Crippen molar-refractivity contribution in [2.45, 2.75) is 6.42 Å². The van der Waals surface area contributed by atoms with Crippen LogP contribution in [-0.2, 0) is 6.42 Å². The highest BCUT2D eigenvalue weighted by Crippen LogP contribution is 2.21. The van der Waals surface area contributed by atoms with Gasteiger partial charge in [0.25, 0.3) is 0 Å². The van der Waals surface area contributed by atoms with Gasteiger partial charge in [0, 0.05) is 41.6 Å². The summed E-state index contributed by atoms with van der Waals surface area (Å²) in [5, 5.41) is 4.56. The fourth-order valence-electron chi connectivity index (χ4n) is 3.00. The summed E-state index contributed by atoms with van der Waals surface area (Å²) in [6.07, 6.45) is 6.65. The van der Waals surface area contributed by atoms with Crippen LogP contribution in [0.2, 0.25) is 0 Å². The quantitative estimate of drug-likeness (QED) is 0.548. The number of hydrogen-bond acceptors (Lipinski definition) is 4. The molecule has 0 saturated heterocycles. The van der Waals surface area contributed by atoms with Crippen LogP contribution in [0, 0.1) is 0 Å². The number of rotatable bonds is 6. The zero-order valence-electron chi connectivity index (χ0n) is 14.6. The van der Waals surface area contributed by atoms with E-state index in [9.17, 15) is 0 Å². The summed E-state index contributed by atoms with van der Waals surface area (Å²) in [5.41, 5.74) is 4.51. The monoisotopic (exact) mass is 344 g/mol. The maximum atomic E-state index is 5.18. The van der Waals surface area contributed by atoms with E-state index >= 15 is 0 Å². The minimum absolute atomic E-state index is 0.641. The van der Waals surface area contributed by atoms with Crippen LogP contribution in [-0.4, -0.2) is 28.6 Å². The Hall–Kier alpha value is -3.34. The second kappa shape index (κ2) is 7.27. The first-order valence-corrected chi connectivity index (χ1v) is 8.59. The van der Waals surface area contributed by atoms with Gasteiger partial charge in [-0.1, -0.05) is 30.3 Å². The van der Waals surface area contributed by atoms with Gasteiger partial charge in [-0.3, -0.25) is 0 Å². The number of fused-ring (bicyclic) bond motifs is 1. The number of H-pyrrole nitrogens is 1. The Labute approximate surface area is 152 Å². The predicted molar refractivity (Wildman–Crippen MR) is 105 cm³/mol. The number of ether oxygens (including phenoxy) is 1. The molecule has 0 unspecified atom stereocenters. The number of para-hydroxylation sites is 1. The Balaban J connectivity index is 1.38. The molecule has 0 atom stereocenters. The fourth-order valence-corrected chi connectivity index (χ4v) is 3.00. The zero-order chi connectivity index (χ0) is 17.8. The van der Waals surface area contributed by atoms with Crippen molar-refractivity contribution >= 4 is 16.9 Å². The Bertz CT molecular complexity index is 991. The summed E-state index contributed by atoms with van der Waals surface area (Å²) in [4.78, 5) is 12.1. The lowest BCUT2D eigenvalue weighted by molar-refractivity contribution is 0.415. The number of aromatic amines is 1. The average Bonchev–Trinajstić information content (AvgIpc) is 3.12. The lowest BCUT2D eigenvalue weighted by Crippen LogP contribution is -2.07. The third kappa shape index (κ3) is 3.37. The molecular formula is C21H20N4O. The first-order chi connectivity index (χ1) is 12.8. The summed E-state index contributed by atoms with van der Waals surface area (Å²) in [5.74, 6) is 1.48. The molecule has 2 aromatic carbocycles. The van der Waals surface area contributed by atoms with Gasteiger partial charge in [0.05, 0.1) is 7.11 Å². The summed E-state index contributed by atoms with van der Waals surface area (Å²) < 4.78 is 5.18. The average molecular weight is 344 g/mol. The molecule has 130 valence electrons. The summed E-state index contributed by atoms with van der Waals surface area (Å²) in [6.45, 7) is 0.781. The van der Waals surface area contributed by atoms with E-state index in [2.05, 4.69) is 44.7 Å². The van der Waals surface area contributed by atoms with E-state index in [1.54, 1.807) is 7.11 Å². The second-order valence-electron chi connectivity index (χ2n) is 6.06. The largest absolute Gasteiger partial charge is 0.497 e. The molecule has 0 aliphatic carbocycles. The van der Waals surface area contributed by atoms with Crippen LogP contribution in [0.5, 0.6) is 5.75 Å². The van der Waals surface area contributed by atoms with Crippen molar-refractivity contribution < 1.29 is 4.74 Å². The molecule has 5 heteroatoms. The van der Waals surface area contributed by atoms with Crippen LogP contribution in [0.4, 0.5) is 5.95 Å². The van der Waals surface area contributed by atoms with Gasteiger partial charge in [-0.15, -0.1) is 0 Å². The van der Waals surface area contributed by atoms with Crippen molar-refractivity contribution in [2.75, 3.05) is 19.0 Å². The molecule has 0 bridgehead atoms. The molecular weight excluding hydrogens is 324 g/mol. The second-order valence-corrected chi connectivity index (χ2v) is 6.06. The lowest BCUT2D eigenvalue weighted by atomic mass is 10.1. The first-order valence-electron chi connectivity index (χ1n) is 8.59. The molecule has 2 N–H and O–H groups in total. The van der Waals surface area contributed by atoms with E-state index in [-0.39, 0.29) is 0 Å². The van der Waals surface area contributed by atoms with Crippen LogP contribution >= 0.6 is 0 Å². The van der Waals surface area contributed by atoms with Gasteiger partial charge in [-0.25, -0.2) is 9.97 Å². The normalized spacial score (nSPS) is 10.8. The van der Waals surface area contributed by atoms with Gasteiger partial charge in [-0.2, -0.15) is 0 Å². The third-order valence-corrected chi connectivity index (χ3v) is 4.43. The molecule has 0 aliphatic rings. The van der Waals surface area contributed by atoms with Gasteiger partial charge < -0.3 is 15.0 Å². The highest BCUT2D eigenvalue weighted by atomic mass is 16.5. The van der Waals surface area contributed by atoms with E-state index in [4.69, 9.17) is 4.74 Å². The highest BCUT2D eigenvalue weighted by molar-refractivity contribution is 5.83. The number of anilines is 1. The van der Waals surface area contributed by atoms with E-state index in [1.165, 1.54) is 16.5 Å². The van der Waals surface area contributed by atoms with E-state index in [0.29, 0.717) is 5.95 Å². The minimum Gasteiger partial charge on any atom is -0.497 e. The SMILES string of the molecule is COc1ccc(-c2cnc(NCCc3c[nH]c4ccccc34)nc2)cc1. The van der Waals surface area contributed by atoms with E-state index < -0.39 is 0 Å². The van der Waals surface area contributed by atoms with Gasteiger partial charge in [0.2, 0.25) is 5.95 Å². The minimum atomic E-state index is 0.641. The molecule has 0 amide bonds. The number of hydrogen-bond donors (Lipinski definition) is 2. The third-order valence-electron chi connectivity index (χ3n) is 4.43. The fraction of sp³-hybridized carbons (Fsp3) is 0.143. The molecule has 2 aromatic heterocycles. The Morgan fingerprint density at radius 1 is 0.962 bits per heavy atom.